The highest BCUT2D eigenvalue weighted by molar-refractivity contribution is 7.17. The Hall–Kier alpha value is -1.85. The predicted octanol–water partition coefficient (Wildman–Crippen LogP) is 3.15. The number of hydrogen-bond acceptors (Lipinski definition) is 4. The van der Waals surface area contributed by atoms with Crippen molar-refractivity contribution in [2.75, 3.05) is 20.2 Å². The van der Waals surface area contributed by atoms with Gasteiger partial charge < -0.3 is 15.4 Å². The first kappa shape index (κ1) is 16.0. The van der Waals surface area contributed by atoms with E-state index in [-0.39, 0.29) is 11.9 Å². The van der Waals surface area contributed by atoms with Crippen LogP contribution in [-0.2, 0) is 0 Å². The highest BCUT2D eigenvalue weighted by Crippen LogP contribution is 2.36. The molecule has 1 amide bonds. The number of nitrogens with one attached hydrogen (secondary N) is 2. The van der Waals surface area contributed by atoms with Crippen molar-refractivity contribution in [1.82, 2.24) is 10.6 Å². The van der Waals surface area contributed by atoms with Gasteiger partial charge in [-0.15, -0.1) is 11.3 Å². The molecule has 122 valence electrons. The molecule has 0 aliphatic carbocycles. The van der Waals surface area contributed by atoms with Gasteiger partial charge in [-0.2, -0.15) is 0 Å². The van der Waals surface area contributed by atoms with Crippen LogP contribution in [0.1, 0.15) is 23.0 Å². The van der Waals surface area contributed by atoms with Crippen LogP contribution in [0.5, 0.6) is 5.75 Å². The van der Waals surface area contributed by atoms with Gasteiger partial charge in [-0.25, -0.2) is 0 Å². The molecule has 3 rings (SSSR count). The molecule has 1 fully saturated rings. The first-order valence-electron chi connectivity index (χ1n) is 7.94. The molecule has 2 unspecified atom stereocenters. The molecular weight excluding hydrogens is 308 g/mol. The van der Waals surface area contributed by atoms with Gasteiger partial charge in [0.05, 0.1) is 7.11 Å². The molecule has 1 saturated heterocycles. The van der Waals surface area contributed by atoms with E-state index in [1.54, 1.807) is 7.11 Å². The molecule has 23 heavy (non-hydrogen) atoms. The lowest BCUT2D eigenvalue weighted by molar-refractivity contribution is 0.0915. The molecule has 0 radical (unpaired) electrons. The summed E-state index contributed by atoms with van der Waals surface area (Å²) in [5, 5.41) is 6.53. The van der Waals surface area contributed by atoms with E-state index < -0.39 is 0 Å². The molecule has 1 aliphatic heterocycles. The zero-order valence-electron chi connectivity index (χ0n) is 13.5. The van der Waals surface area contributed by atoms with E-state index in [4.69, 9.17) is 4.74 Å². The molecule has 1 aromatic heterocycles. The van der Waals surface area contributed by atoms with Crippen molar-refractivity contribution in [1.29, 1.82) is 0 Å². The fourth-order valence-electron chi connectivity index (χ4n) is 2.89. The van der Waals surface area contributed by atoms with E-state index in [2.05, 4.69) is 17.6 Å². The summed E-state index contributed by atoms with van der Waals surface area (Å²) in [7, 11) is 1.61. The third-order valence-electron chi connectivity index (χ3n) is 4.28. The Bertz CT molecular complexity index is 669. The molecule has 5 heteroatoms. The smallest absolute Gasteiger partial charge is 0.265 e. The Morgan fingerprint density at radius 3 is 2.83 bits per heavy atom. The third kappa shape index (κ3) is 3.57. The number of piperidine rings is 1. The summed E-state index contributed by atoms with van der Waals surface area (Å²) in [6, 6.07) is 12.2. The van der Waals surface area contributed by atoms with Crippen LogP contribution < -0.4 is 15.4 Å². The number of rotatable bonds is 4. The average Bonchev–Trinajstić information content (AvgIpc) is 3.02. The van der Waals surface area contributed by atoms with Crippen LogP contribution in [0.25, 0.3) is 10.4 Å². The molecule has 0 spiro atoms. The van der Waals surface area contributed by atoms with Crippen LogP contribution in [0, 0.1) is 5.92 Å². The molecule has 1 aliphatic rings. The first-order chi connectivity index (χ1) is 11.2. The maximum absolute atomic E-state index is 12.7. The summed E-state index contributed by atoms with van der Waals surface area (Å²) in [4.78, 5) is 14.4. The zero-order valence-corrected chi connectivity index (χ0v) is 14.3. The Balaban J connectivity index is 1.81. The number of hydrogen-bond donors (Lipinski definition) is 2. The number of benzene rings is 1. The Morgan fingerprint density at radius 2 is 2.13 bits per heavy atom. The number of methoxy groups -OCH3 is 1. The monoisotopic (exact) mass is 330 g/mol. The van der Waals surface area contributed by atoms with Gasteiger partial charge in [0.15, 0.2) is 0 Å². The average molecular weight is 330 g/mol. The maximum Gasteiger partial charge on any atom is 0.265 e. The van der Waals surface area contributed by atoms with Crippen molar-refractivity contribution in [3.63, 3.8) is 0 Å². The first-order valence-corrected chi connectivity index (χ1v) is 8.75. The van der Waals surface area contributed by atoms with Gasteiger partial charge in [0, 0.05) is 10.9 Å². The van der Waals surface area contributed by atoms with Crippen LogP contribution in [-0.4, -0.2) is 32.1 Å². The predicted molar refractivity (Wildman–Crippen MR) is 94.2 cm³/mol. The molecule has 2 aromatic rings. The molecule has 2 atom stereocenters. The fraction of sp³-hybridized carbons (Fsp3) is 0.389. The van der Waals surface area contributed by atoms with E-state index >= 15 is 0 Å². The lowest BCUT2D eigenvalue weighted by Crippen LogP contribution is -2.48. The summed E-state index contributed by atoms with van der Waals surface area (Å²) in [6.45, 7) is 4.06. The number of thiophene rings is 1. The number of ether oxygens (including phenoxy) is 1. The molecule has 0 saturated carbocycles. The van der Waals surface area contributed by atoms with Gasteiger partial charge in [-0.1, -0.05) is 37.3 Å². The molecule has 2 heterocycles. The summed E-state index contributed by atoms with van der Waals surface area (Å²) >= 11 is 1.48. The van der Waals surface area contributed by atoms with E-state index in [1.165, 1.54) is 11.3 Å². The van der Waals surface area contributed by atoms with Crippen LogP contribution in [0.3, 0.4) is 0 Å². The lowest BCUT2D eigenvalue weighted by atomic mass is 9.95. The number of carbonyl (C=O) groups excluding carboxylic acids is 1. The highest BCUT2D eigenvalue weighted by atomic mass is 32.1. The maximum atomic E-state index is 12.7. The molecule has 2 N–H and O–H groups in total. The second kappa shape index (κ2) is 7.15. The Morgan fingerprint density at radius 1 is 1.35 bits per heavy atom. The van der Waals surface area contributed by atoms with E-state index in [9.17, 15) is 4.79 Å². The van der Waals surface area contributed by atoms with E-state index in [0.717, 1.165) is 30.0 Å². The summed E-state index contributed by atoms with van der Waals surface area (Å²) < 4.78 is 5.42. The second-order valence-corrected chi connectivity index (χ2v) is 6.98. The van der Waals surface area contributed by atoms with Crippen LogP contribution in [0.15, 0.2) is 36.4 Å². The fourth-order valence-corrected chi connectivity index (χ4v) is 3.93. The molecule has 0 bridgehead atoms. The minimum absolute atomic E-state index is 0.0345. The van der Waals surface area contributed by atoms with Crippen molar-refractivity contribution < 1.29 is 9.53 Å². The van der Waals surface area contributed by atoms with E-state index in [1.807, 2.05) is 36.4 Å². The molecular formula is C18H22N2O2S. The largest absolute Gasteiger partial charge is 0.495 e. The van der Waals surface area contributed by atoms with Gasteiger partial charge in [-0.3, -0.25) is 4.79 Å². The standard InChI is InChI=1S/C18H22N2O2S/c1-12-11-19-9-8-14(12)20-18(21)17-15(22-2)10-16(23-17)13-6-4-3-5-7-13/h3-7,10,12,14,19H,8-9,11H2,1-2H3,(H,20,21). The molecule has 4 nitrogen and oxygen atoms in total. The topological polar surface area (TPSA) is 50.4 Å². The zero-order chi connectivity index (χ0) is 16.2. The van der Waals surface area contributed by atoms with Crippen LogP contribution >= 0.6 is 11.3 Å². The number of amides is 1. The summed E-state index contributed by atoms with van der Waals surface area (Å²) in [5.41, 5.74) is 1.10. The lowest BCUT2D eigenvalue weighted by Gasteiger charge is -2.30. The normalized spacial score (nSPS) is 21.0. The Kier molecular flexibility index (Phi) is 4.98. The van der Waals surface area contributed by atoms with Gasteiger partial charge in [0.1, 0.15) is 10.6 Å². The van der Waals surface area contributed by atoms with Gasteiger partial charge in [0.25, 0.3) is 5.91 Å². The minimum atomic E-state index is -0.0345. The van der Waals surface area contributed by atoms with E-state index in [0.29, 0.717) is 16.5 Å². The van der Waals surface area contributed by atoms with Crippen LogP contribution in [0.4, 0.5) is 0 Å². The van der Waals surface area contributed by atoms with Gasteiger partial charge >= 0.3 is 0 Å². The van der Waals surface area contributed by atoms with Gasteiger partial charge in [0.2, 0.25) is 0 Å². The minimum Gasteiger partial charge on any atom is -0.495 e. The second-order valence-electron chi connectivity index (χ2n) is 5.92. The van der Waals surface area contributed by atoms with Crippen molar-refractivity contribution in [3.05, 3.63) is 41.3 Å². The van der Waals surface area contributed by atoms with Gasteiger partial charge in [-0.05, 0) is 37.1 Å². The highest BCUT2D eigenvalue weighted by Gasteiger charge is 2.25. The summed E-state index contributed by atoms with van der Waals surface area (Å²) in [5.74, 6) is 1.05. The SMILES string of the molecule is COc1cc(-c2ccccc2)sc1C(=O)NC1CCNCC1C. The quantitative estimate of drug-likeness (QED) is 0.905. The Labute approximate surface area is 140 Å². The third-order valence-corrected chi connectivity index (χ3v) is 5.45. The van der Waals surface area contributed by atoms with Crippen molar-refractivity contribution in [2.24, 2.45) is 5.92 Å². The molecule has 1 aromatic carbocycles. The summed E-state index contributed by atoms with van der Waals surface area (Å²) in [6.07, 6.45) is 0.964. The van der Waals surface area contributed by atoms with Crippen molar-refractivity contribution in [2.45, 2.75) is 19.4 Å². The number of carbonyl (C=O) groups is 1. The van der Waals surface area contributed by atoms with Crippen molar-refractivity contribution >= 4 is 17.2 Å². The van der Waals surface area contributed by atoms with Crippen molar-refractivity contribution in [3.8, 4) is 16.2 Å². The van der Waals surface area contributed by atoms with Crippen LogP contribution in [0.2, 0.25) is 0 Å².